The van der Waals surface area contributed by atoms with Crippen LogP contribution in [0.25, 0.3) is 0 Å². The Morgan fingerprint density at radius 1 is 1.16 bits per heavy atom. The van der Waals surface area contributed by atoms with Crippen LogP contribution in [0.4, 0.5) is 18.9 Å². The normalized spacial score (nSPS) is 17.4. The maximum Gasteiger partial charge on any atom is 0.417 e. The summed E-state index contributed by atoms with van der Waals surface area (Å²) >= 11 is 0. The highest BCUT2D eigenvalue weighted by atomic mass is 32.2. The van der Waals surface area contributed by atoms with Crippen LogP contribution in [0, 0.1) is 0 Å². The van der Waals surface area contributed by atoms with Gasteiger partial charge < -0.3 is 4.90 Å². The number of primary sulfonamides is 1. The molecule has 0 heterocycles. The van der Waals surface area contributed by atoms with Crippen LogP contribution in [-0.4, -0.2) is 15.5 Å². The summed E-state index contributed by atoms with van der Waals surface area (Å²) in [6.45, 7) is 0. The molecule has 1 atom stereocenters. The highest BCUT2D eigenvalue weighted by Crippen LogP contribution is 2.40. The molecule has 0 aliphatic heterocycles. The molecular weight excluding hydrogens is 353 g/mol. The molecule has 0 amide bonds. The number of nitrogens with zero attached hydrogens (tertiary/aromatic N) is 1. The number of anilines is 1. The van der Waals surface area contributed by atoms with Crippen LogP contribution >= 0.6 is 0 Å². The zero-order valence-electron chi connectivity index (χ0n) is 13.4. The molecule has 134 valence electrons. The Kier molecular flexibility index (Phi) is 4.28. The van der Waals surface area contributed by atoms with Gasteiger partial charge >= 0.3 is 6.18 Å². The maximum absolute atomic E-state index is 13.3. The fourth-order valence-corrected chi connectivity index (χ4v) is 4.06. The largest absolute Gasteiger partial charge is 0.417 e. The molecule has 2 aromatic carbocycles. The summed E-state index contributed by atoms with van der Waals surface area (Å²) in [7, 11) is -2.76. The van der Waals surface area contributed by atoms with Crippen LogP contribution < -0.4 is 10.0 Å². The molecule has 1 aliphatic rings. The van der Waals surface area contributed by atoms with Gasteiger partial charge in [0.15, 0.2) is 0 Å². The SMILES string of the molecule is CN(c1ccc(S(N)(=O)=O)c(C(F)(F)F)c1)C1CCc2ccccc21. The number of nitrogens with two attached hydrogens (primary N) is 1. The van der Waals surface area contributed by atoms with Gasteiger partial charge in [0.1, 0.15) is 0 Å². The first kappa shape index (κ1) is 17.8. The molecule has 0 saturated heterocycles. The van der Waals surface area contributed by atoms with E-state index in [1.54, 1.807) is 11.9 Å². The Morgan fingerprint density at radius 3 is 2.48 bits per heavy atom. The second kappa shape index (κ2) is 6.03. The van der Waals surface area contributed by atoms with Crippen LogP contribution in [0.1, 0.15) is 29.2 Å². The second-order valence-electron chi connectivity index (χ2n) is 6.09. The van der Waals surface area contributed by atoms with E-state index in [1.165, 1.54) is 11.6 Å². The van der Waals surface area contributed by atoms with Crippen molar-refractivity contribution in [2.45, 2.75) is 30.0 Å². The van der Waals surface area contributed by atoms with Gasteiger partial charge in [-0.15, -0.1) is 0 Å². The van der Waals surface area contributed by atoms with E-state index in [2.05, 4.69) is 0 Å². The standard InChI is InChI=1S/C17H17F3N2O2S/c1-22(15-8-6-11-4-2-3-5-13(11)15)12-7-9-16(25(21,23)24)14(10-12)17(18,19)20/h2-5,7,9-10,15H,6,8H2,1H3,(H2,21,23,24). The summed E-state index contributed by atoms with van der Waals surface area (Å²) in [6.07, 6.45) is -3.17. The summed E-state index contributed by atoms with van der Waals surface area (Å²) < 4.78 is 62.8. The predicted molar refractivity (Wildman–Crippen MR) is 88.7 cm³/mol. The van der Waals surface area contributed by atoms with E-state index in [1.807, 2.05) is 24.3 Å². The van der Waals surface area contributed by atoms with Crippen molar-refractivity contribution in [3.05, 3.63) is 59.2 Å². The van der Waals surface area contributed by atoms with E-state index < -0.39 is 26.7 Å². The van der Waals surface area contributed by atoms with Crippen LogP contribution in [0.2, 0.25) is 0 Å². The van der Waals surface area contributed by atoms with Gasteiger partial charge in [0, 0.05) is 12.7 Å². The van der Waals surface area contributed by atoms with Crippen molar-refractivity contribution in [1.82, 2.24) is 0 Å². The van der Waals surface area contributed by atoms with Crippen LogP contribution in [0.15, 0.2) is 47.4 Å². The lowest BCUT2D eigenvalue weighted by atomic mass is 10.1. The number of benzene rings is 2. The van der Waals surface area contributed by atoms with Crippen molar-refractivity contribution >= 4 is 15.7 Å². The van der Waals surface area contributed by atoms with Crippen molar-refractivity contribution in [2.24, 2.45) is 5.14 Å². The maximum atomic E-state index is 13.3. The van der Waals surface area contributed by atoms with Crippen LogP contribution in [-0.2, 0) is 22.6 Å². The first-order chi connectivity index (χ1) is 11.6. The quantitative estimate of drug-likeness (QED) is 0.900. The molecule has 0 spiro atoms. The highest BCUT2D eigenvalue weighted by molar-refractivity contribution is 7.89. The third kappa shape index (κ3) is 3.36. The number of halogens is 3. The Labute approximate surface area is 144 Å². The van der Waals surface area contributed by atoms with Gasteiger partial charge in [-0.3, -0.25) is 0 Å². The summed E-state index contributed by atoms with van der Waals surface area (Å²) in [6, 6.07) is 10.9. The fraction of sp³-hybridized carbons (Fsp3) is 0.294. The summed E-state index contributed by atoms with van der Waals surface area (Å²) in [5.41, 5.74) is 1.30. The number of alkyl halides is 3. The van der Waals surface area contributed by atoms with E-state index in [4.69, 9.17) is 5.14 Å². The predicted octanol–water partition coefficient (Wildman–Crippen LogP) is 3.48. The third-order valence-corrected chi connectivity index (χ3v) is 5.52. The molecule has 25 heavy (non-hydrogen) atoms. The number of fused-ring (bicyclic) bond motifs is 1. The summed E-state index contributed by atoms with van der Waals surface area (Å²) in [4.78, 5) is 0.831. The molecular formula is C17H17F3N2O2S. The monoisotopic (exact) mass is 370 g/mol. The van der Waals surface area contributed by atoms with Crippen LogP contribution in [0.3, 0.4) is 0 Å². The van der Waals surface area contributed by atoms with E-state index in [0.29, 0.717) is 5.69 Å². The summed E-state index contributed by atoms with van der Waals surface area (Å²) in [5.74, 6) is 0. The molecule has 2 N–H and O–H groups in total. The first-order valence-electron chi connectivity index (χ1n) is 7.63. The minimum atomic E-state index is -4.81. The van der Waals surface area contributed by atoms with Gasteiger partial charge in [0.2, 0.25) is 10.0 Å². The van der Waals surface area contributed by atoms with Gasteiger partial charge in [-0.25, -0.2) is 13.6 Å². The molecule has 4 nitrogen and oxygen atoms in total. The molecule has 0 radical (unpaired) electrons. The zero-order valence-corrected chi connectivity index (χ0v) is 14.2. The average molecular weight is 370 g/mol. The lowest BCUT2D eigenvalue weighted by molar-refractivity contribution is -0.139. The molecule has 8 heteroatoms. The number of sulfonamides is 1. The van der Waals surface area contributed by atoms with Crippen molar-refractivity contribution in [3.63, 3.8) is 0 Å². The first-order valence-corrected chi connectivity index (χ1v) is 9.18. The molecule has 3 rings (SSSR count). The van der Waals surface area contributed by atoms with E-state index in [9.17, 15) is 21.6 Å². The molecule has 1 unspecified atom stereocenters. The Morgan fingerprint density at radius 2 is 1.84 bits per heavy atom. The van der Waals surface area contributed by atoms with Gasteiger partial charge in [0.05, 0.1) is 16.5 Å². The minimum absolute atomic E-state index is 0.0578. The summed E-state index contributed by atoms with van der Waals surface area (Å²) in [5, 5.41) is 4.92. The molecule has 1 aliphatic carbocycles. The number of hydrogen-bond donors (Lipinski definition) is 1. The minimum Gasteiger partial charge on any atom is -0.368 e. The topological polar surface area (TPSA) is 63.4 Å². The van der Waals surface area contributed by atoms with E-state index in [0.717, 1.165) is 30.5 Å². The Bertz CT molecular complexity index is 910. The van der Waals surface area contributed by atoms with Crippen molar-refractivity contribution in [2.75, 3.05) is 11.9 Å². The second-order valence-corrected chi connectivity index (χ2v) is 7.62. The lowest BCUT2D eigenvalue weighted by Crippen LogP contribution is -2.24. The lowest BCUT2D eigenvalue weighted by Gasteiger charge is -2.28. The van der Waals surface area contributed by atoms with Gasteiger partial charge in [-0.05, 0) is 42.2 Å². The molecule has 0 fully saturated rings. The molecule has 0 aromatic heterocycles. The highest BCUT2D eigenvalue weighted by Gasteiger charge is 2.37. The van der Waals surface area contributed by atoms with Gasteiger partial charge in [0.25, 0.3) is 0 Å². The van der Waals surface area contributed by atoms with Crippen molar-refractivity contribution < 1.29 is 21.6 Å². The Balaban J connectivity index is 2.04. The van der Waals surface area contributed by atoms with E-state index in [-0.39, 0.29) is 6.04 Å². The fourth-order valence-electron chi connectivity index (χ4n) is 3.32. The van der Waals surface area contributed by atoms with Crippen molar-refractivity contribution in [1.29, 1.82) is 0 Å². The van der Waals surface area contributed by atoms with Gasteiger partial charge in [-0.1, -0.05) is 24.3 Å². The Hall–Kier alpha value is -2.06. The number of hydrogen-bond acceptors (Lipinski definition) is 3. The molecule has 2 aromatic rings. The van der Waals surface area contributed by atoms with Gasteiger partial charge in [-0.2, -0.15) is 13.2 Å². The number of rotatable bonds is 3. The number of aryl methyl sites for hydroxylation is 1. The third-order valence-electron chi connectivity index (χ3n) is 4.55. The molecule has 0 bridgehead atoms. The van der Waals surface area contributed by atoms with Crippen molar-refractivity contribution in [3.8, 4) is 0 Å². The smallest absolute Gasteiger partial charge is 0.368 e. The molecule has 0 saturated carbocycles. The van der Waals surface area contributed by atoms with Crippen LogP contribution in [0.5, 0.6) is 0 Å². The average Bonchev–Trinajstić information content (AvgIpc) is 2.96. The van der Waals surface area contributed by atoms with E-state index >= 15 is 0 Å². The zero-order chi connectivity index (χ0) is 18.4.